The van der Waals surface area contributed by atoms with E-state index in [0.29, 0.717) is 5.25 Å². The molecule has 0 fully saturated rings. The van der Waals surface area contributed by atoms with Crippen LogP contribution in [0.3, 0.4) is 0 Å². The van der Waals surface area contributed by atoms with Gasteiger partial charge in [0, 0.05) is 29.5 Å². The maximum absolute atomic E-state index is 4.17. The minimum absolute atomic E-state index is 0.462. The number of para-hydroxylation sites is 1. The number of rotatable bonds is 1. The van der Waals surface area contributed by atoms with Gasteiger partial charge in [-0.2, -0.15) is 0 Å². The summed E-state index contributed by atoms with van der Waals surface area (Å²) >= 11 is 1.91. The van der Waals surface area contributed by atoms with E-state index in [-0.39, 0.29) is 0 Å². The Labute approximate surface area is 99.1 Å². The molecule has 0 saturated heterocycles. The van der Waals surface area contributed by atoms with Crippen molar-refractivity contribution >= 4 is 17.4 Å². The second-order valence-electron chi connectivity index (χ2n) is 3.77. The first-order valence-electron chi connectivity index (χ1n) is 5.33. The highest BCUT2D eigenvalue weighted by molar-refractivity contribution is 7.99. The molecule has 80 valence electrons. The number of hydrogen-bond acceptors (Lipinski definition) is 3. The zero-order valence-corrected chi connectivity index (χ0v) is 9.58. The van der Waals surface area contributed by atoms with Gasteiger partial charge in [-0.15, -0.1) is 11.8 Å². The van der Waals surface area contributed by atoms with Crippen LogP contribution in [0.25, 0.3) is 0 Å². The Morgan fingerprint density at radius 2 is 2.12 bits per heavy atom. The van der Waals surface area contributed by atoms with Crippen LogP contribution >= 0.6 is 11.8 Å². The number of nitrogens with one attached hydrogen (secondary N) is 1. The Morgan fingerprint density at radius 1 is 1.19 bits per heavy atom. The lowest BCUT2D eigenvalue weighted by molar-refractivity contribution is 0.954. The molecule has 3 heteroatoms. The van der Waals surface area contributed by atoms with Gasteiger partial charge < -0.3 is 5.32 Å². The van der Waals surface area contributed by atoms with Gasteiger partial charge in [-0.3, -0.25) is 4.98 Å². The highest BCUT2D eigenvalue weighted by Crippen LogP contribution is 2.42. The van der Waals surface area contributed by atoms with Gasteiger partial charge in [0.2, 0.25) is 0 Å². The molecule has 1 aromatic carbocycles. The molecule has 1 atom stereocenters. The molecule has 1 aromatic heterocycles. The van der Waals surface area contributed by atoms with Crippen molar-refractivity contribution in [2.24, 2.45) is 0 Å². The third-order valence-electron chi connectivity index (χ3n) is 2.69. The van der Waals surface area contributed by atoms with E-state index in [4.69, 9.17) is 0 Å². The molecule has 1 aliphatic rings. The maximum Gasteiger partial charge on any atom is 0.0533 e. The number of nitrogens with zero attached hydrogens (tertiary/aromatic N) is 1. The fourth-order valence-electron chi connectivity index (χ4n) is 1.87. The zero-order valence-electron chi connectivity index (χ0n) is 8.76. The number of benzene rings is 1. The van der Waals surface area contributed by atoms with Crippen molar-refractivity contribution in [3.05, 3.63) is 54.4 Å². The van der Waals surface area contributed by atoms with E-state index in [1.807, 2.05) is 30.2 Å². The minimum atomic E-state index is 0.462. The zero-order chi connectivity index (χ0) is 10.8. The molecule has 0 bridgehead atoms. The molecular formula is C13H12N2S. The average Bonchev–Trinajstić information content (AvgIpc) is 2.39. The summed E-state index contributed by atoms with van der Waals surface area (Å²) in [6.45, 7) is 0.966. The van der Waals surface area contributed by atoms with Crippen LogP contribution in [0.15, 0.2) is 53.7 Å². The quantitative estimate of drug-likeness (QED) is 0.810. The van der Waals surface area contributed by atoms with Gasteiger partial charge in [0.05, 0.1) is 5.25 Å². The van der Waals surface area contributed by atoms with Crippen molar-refractivity contribution in [1.82, 2.24) is 4.98 Å². The van der Waals surface area contributed by atoms with Gasteiger partial charge in [0.1, 0.15) is 0 Å². The molecule has 2 heterocycles. The molecule has 1 unspecified atom stereocenters. The van der Waals surface area contributed by atoms with E-state index in [1.165, 1.54) is 16.1 Å². The summed E-state index contributed by atoms with van der Waals surface area (Å²) in [5.74, 6) is 0. The van der Waals surface area contributed by atoms with Crippen molar-refractivity contribution in [2.45, 2.75) is 10.1 Å². The summed E-state index contributed by atoms with van der Waals surface area (Å²) < 4.78 is 0. The van der Waals surface area contributed by atoms with Gasteiger partial charge in [-0.05, 0) is 23.8 Å². The van der Waals surface area contributed by atoms with E-state index < -0.39 is 0 Å². The Hall–Kier alpha value is -1.48. The molecule has 0 radical (unpaired) electrons. The second kappa shape index (κ2) is 4.18. The van der Waals surface area contributed by atoms with Crippen LogP contribution in [-0.2, 0) is 0 Å². The van der Waals surface area contributed by atoms with E-state index in [2.05, 4.69) is 40.6 Å². The van der Waals surface area contributed by atoms with Crippen LogP contribution < -0.4 is 5.32 Å². The molecule has 0 aliphatic carbocycles. The van der Waals surface area contributed by atoms with Crippen LogP contribution in [-0.4, -0.2) is 11.5 Å². The Morgan fingerprint density at radius 3 is 3.00 bits per heavy atom. The van der Waals surface area contributed by atoms with Gasteiger partial charge in [0.25, 0.3) is 0 Å². The number of hydrogen-bond donors (Lipinski definition) is 1. The van der Waals surface area contributed by atoms with E-state index in [9.17, 15) is 0 Å². The van der Waals surface area contributed by atoms with E-state index >= 15 is 0 Å². The topological polar surface area (TPSA) is 24.9 Å². The van der Waals surface area contributed by atoms with Crippen molar-refractivity contribution in [3.8, 4) is 0 Å². The summed E-state index contributed by atoms with van der Waals surface area (Å²) in [4.78, 5) is 5.50. The molecule has 1 aliphatic heterocycles. The maximum atomic E-state index is 4.17. The molecule has 0 amide bonds. The normalized spacial score (nSPS) is 18.6. The first-order chi connectivity index (χ1) is 7.93. The van der Waals surface area contributed by atoms with Gasteiger partial charge >= 0.3 is 0 Å². The fraction of sp³-hybridized carbons (Fsp3) is 0.154. The smallest absolute Gasteiger partial charge is 0.0533 e. The van der Waals surface area contributed by atoms with Crippen molar-refractivity contribution < 1.29 is 0 Å². The Bertz CT molecular complexity index is 484. The molecule has 0 spiro atoms. The van der Waals surface area contributed by atoms with Crippen LogP contribution in [0.2, 0.25) is 0 Å². The number of aromatic nitrogens is 1. The van der Waals surface area contributed by atoms with Crippen LogP contribution in [0.4, 0.5) is 5.69 Å². The molecular weight excluding hydrogens is 216 g/mol. The SMILES string of the molecule is c1cncc(C2CNc3ccccc3S2)c1. The standard InChI is InChI=1S/C13H12N2S/c1-2-6-12-11(5-1)15-9-13(16-12)10-4-3-7-14-8-10/h1-8,13,15H,9H2. The monoisotopic (exact) mass is 228 g/mol. The molecule has 3 rings (SSSR count). The molecule has 16 heavy (non-hydrogen) atoms. The summed E-state index contributed by atoms with van der Waals surface area (Å²) in [7, 11) is 0. The predicted octanol–water partition coefficient (Wildman–Crippen LogP) is 3.34. The van der Waals surface area contributed by atoms with E-state index in [1.54, 1.807) is 0 Å². The van der Waals surface area contributed by atoms with Crippen LogP contribution in [0.5, 0.6) is 0 Å². The lowest BCUT2D eigenvalue weighted by Crippen LogP contribution is -2.15. The van der Waals surface area contributed by atoms with Gasteiger partial charge in [0.15, 0.2) is 0 Å². The largest absolute Gasteiger partial charge is 0.383 e. The van der Waals surface area contributed by atoms with Crippen molar-refractivity contribution in [3.63, 3.8) is 0 Å². The summed E-state index contributed by atoms with van der Waals surface area (Å²) in [5.41, 5.74) is 2.53. The second-order valence-corrected chi connectivity index (χ2v) is 5.01. The molecule has 2 aromatic rings. The average molecular weight is 228 g/mol. The first-order valence-corrected chi connectivity index (χ1v) is 6.21. The summed E-state index contributed by atoms with van der Waals surface area (Å²) in [6, 6.07) is 12.6. The van der Waals surface area contributed by atoms with Crippen LogP contribution in [0, 0.1) is 0 Å². The third-order valence-corrected chi connectivity index (χ3v) is 4.02. The van der Waals surface area contributed by atoms with Gasteiger partial charge in [-0.1, -0.05) is 18.2 Å². The molecule has 1 N–H and O–H groups in total. The van der Waals surface area contributed by atoms with E-state index in [0.717, 1.165) is 6.54 Å². The lowest BCUT2D eigenvalue weighted by Gasteiger charge is -2.25. The Kier molecular flexibility index (Phi) is 2.54. The number of fused-ring (bicyclic) bond motifs is 1. The minimum Gasteiger partial charge on any atom is -0.383 e. The highest BCUT2D eigenvalue weighted by atomic mass is 32.2. The first kappa shape index (κ1) is 9.73. The Balaban J connectivity index is 1.89. The predicted molar refractivity (Wildman–Crippen MR) is 67.8 cm³/mol. The number of thioether (sulfide) groups is 1. The number of pyridine rings is 1. The lowest BCUT2D eigenvalue weighted by atomic mass is 10.2. The summed E-state index contributed by atoms with van der Waals surface area (Å²) in [5, 5.41) is 3.92. The van der Waals surface area contributed by atoms with Gasteiger partial charge in [-0.25, -0.2) is 0 Å². The molecule has 2 nitrogen and oxygen atoms in total. The number of anilines is 1. The fourth-order valence-corrected chi connectivity index (χ4v) is 3.04. The highest BCUT2D eigenvalue weighted by Gasteiger charge is 2.19. The summed E-state index contributed by atoms with van der Waals surface area (Å²) in [6.07, 6.45) is 3.77. The third kappa shape index (κ3) is 1.78. The van der Waals surface area contributed by atoms with Crippen LogP contribution in [0.1, 0.15) is 10.8 Å². The molecule has 0 saturated carbocycles. The van der Waals surface area contributed by atoms with Crippen molar-refractivity contribution in [2.75, 3.05) is 11.9 Å². The van der Waals surface area contributed by atoms with Crippen molar-refractivity contribution in [1.29, 1.82) is 0 Å².